The lowest BCUT2D eigenvalue weighted by atomic mass is 10.2. The number of furan rings is 1. The van der Waals surface area contributed by atoms with Crippen LogP contribution in [0, 0.1) is 0 Å². The van der Waals surface area contributed by atoms with Crippen LogP contribution >= 0.6 is 0 Å². The molecule has 0 atom stereocenters. The number of alkyl halides is 3. The van der Waals surface area contributed by atoms with Crippen molar-refractivity contribution < 1.29 is 22.4 Å². The molecule has 0 saturated carbocycles. The van der Waals surface area contributed by atoms with Gasteiger partial charge in [0.1, 0.15) is 17.9 Å². The van der Waals surface area contributed by atoms with E-state index in [1.54, 1.807) is 52.1 Å². The van der Waals surface area contributed by atoms with Crippen molar-refractivity contribution in [3.05, 3.63) is 90.5 Å². The molecule has 8 nitrogen and oxygen atoms in total. The van der Waals surface area contributed by atoms with Crippen molar-refractivity contribution in [1.29, 1.82) is 0 Å². The van der Waals surface area contributed by atoms with Gasteiger partial charge in [0, 0.05) is 18.6 Å². The molecule has 0 aliphatic carbocycles. The standard InChI is InChI=1S/C22H15F3N6O2/c23-22(24,25)15-4-5-18-17(10-15)28-21(31(18)12-16-2-1-9-33-16)29-20(32)14-3-6-19(27-11-14)30-8-7-26-13-30/h1-11,13H,12H2,(H,28,29,32). The molecule has 5 aromatic rings. The fourth-order valence-electron chi connectivity index (χ4n) is 3.36. The van der Waals surface area contributed by atoms with Gasteiger partial charge in [0.15, 0.2) is 0 Å². The maximum absolute atomic E-state index is 13.2. The number of fused-ring (bicyclic) bond motifs is 1. The summed E-state index contributed by atoms with van der Waals surface area (Å²) < 4.78 is 48.1. The lowest BCUT2D eigenvalue weighted by Crippen LogP contribution is -2.16. The van der Waals surface area contributed by atoms with Crippen LogP contribution in [-0.4, -0.2) is 30.0 Å². The van der Waals surface area contributed by atoms with Gasteiger partial charge in [0.25, 0.3) is 5.91 Å². The van der Waals surface area contributed by atoms with Crippen LogP contribution in [0.25, 0.3) is 16.9 Å². The zero-order chi connectivity index (χ0) is 23.0. The van der Waals surface area contributed by atoms with Gasteiger partial charge in [-0.3, -0.25) is 14.7 Å². The topological polar surface area (TPSA) is 90.8 Å². The van der Waals surface area contributed by atoms with Crippen LogP contribution in [0.2, 0.25) is 0 Å². The SMILES string of the molecule is O=C(Nc1nc2cc(C(F)(F)F)ccc2n1Cc1ccco1)c1ccc(-n2ccnc2)nc1. The third kappa shape index (κ3) is 4.07. The van der Waals surface area contributed by atoms with Crippen molar-refractivity contribution in [2.75, 3.05) is 5.32 Å². The summed E-state index contributed by atoms with van der Waals surface area (Å²) in [6.45, 7) is 0.169. The van der Waals surface area contributed by atoms with Crippen molar-refractivity contribution in [2.24, 2.45) is 0 Å². The molecule has 33 heavy (non-hydrogen) atoms. The Hall–Kier alpha value is -4.41. The van der Waals surface area contributed by atoms with Crippen LogP contribution in [-0.2, 0) is 12.7 Å². The van der Waals surface area contributed by atoms with Crippen LogP contribution in [0.5, 0.6) is 0 Å². The van der Waals surface area contributed by atoms with E-state index in [9.17, 15) is 18.0 Å². The highest BCUT2D eigenvalue weighted by Gasteiger charge is 2.31. The highest BCUT2D eigenvalue weighted by Crippen LogP contribution is 2.32. The highest BCUT2D eigenvalue weighted by atomic mass is 19.4. The second kappa shape index (κ2) is 7.93. The summed E-state index contributed by atoms with van der Waals surface area (Å²) in [6, 6.07) is 9.91. The van der Waals surface area contributed by atoms with E-state index in [1.165, 1.54) is 18.5 Å². The number of hydrogen-bond acceptors (Lipinski definition) is 5. The summed E-state index contributed by atoms with van der Waals surface area (Å²) in [4.78, 5) is 25.3. The summed E-state index contributed by atoms with van der Waals surface area (Å²) in [5, 5.41) is 2.67. The van der Waals surface area contributed by atoms with E-state index in [-0.39, 0.29) is 23.6 Å². The predicted molar refractivity (Wildman–Crippen MR) is 112 cm³/mol. The van der Waals surface area contributed by atoms with Crippen LogP contribution in [0.4, 0.5) is 19.1 Å². The fraction of sp³-hybridized carbons (Fsp3) is 0.0909. The van der Waals surface area contributed by atoms with Crippen LogP contribution in [0.1, 0.15) is 21.7 Å². The third-order valence-corrected chi connectivity index (χ3v) is 4.97. The van der Waals surface area contributed by atoms with Gasteiger partial charge < -0.3 is 8.98 Å². The van der Waals surface area contributed by atoms with Gasteiger partial charge >= 0.3 is 6.18 Å². The Morgan fingerprint density at radius 3 is 2.70 bits per heavy atom. The average Bonchev–Trinajstić information content (AvgIpc) is 3.56. The first-order valence-electron chi connectivity index (χ1n) is 9.74. The first-order chi connectivity index (χ1) is 15.9. The van der Waals surface area contributed by atoms with Crippen molar-refractivity contribution in [1.82, 2.24) is 24.1 Å². The number of halogens is 3. The van der Waals surface area contributed by atoms with Crippen molar-refractivity contribution >= 4 is 22.9 Å². The number of rotatable bonds is 5. The van der Waals surface area contributed by atoms with Crippen LogP contribution < -0.4 is 5.32 Å². The van der Waals surface area contributed by atoms with Crippen LogP contribution in [0.3, 0.4) is 0 Å². The van der Waals surface area contributed by atoms with E-state index in [2.05, 4.69) is 20.3 Å². The van der Waals surface area contributed by atoms with Gasteiger partial charge in [-0.05, 0) is 42.5 Å². The van der Waals surface area contributed by atoms with E-state index < -0.39 is 17.6 Å². The highest BCUT2D eigenvalue weighted by molar-refractivity contribution is 6.04. The molecule has 1 amide bonds. The van der Waals surface area contributed by atoms with Crippen molar-refractivity contribution in [3.8, 4) is 5.82 Å². The van der Waals surface area contributed by atoms with Gasteiger partial charge in [-0.25, -0.2) is 15.0 Å². The Kier molecular flexibility index (Phi) is 4.93. The fourth-order valence-corrected chi connectivity index (χ4v) is 3.36. The van der Waals surface area contributed by atoms with E-state index in [0.29, 0.717) is 17.1 Å². The van der Waals surface area contributed by atoms with E-state index in [0.717, 1.165) is 12.1 Å². The number of carbonyl (C=O) groups is 1. The number of pyridine rings is 1. The molecule has 0 aliphatic heterocycles. The molecule has 0 fully saturated rings. The molecular formula is C22H15F3N6O2. The Bertz CT molecular complexity index is 1410. The van der Waals surface area contributed by atoms with E-state index in [4.69, 9.17) is 4.42 Å². The maximum atomic E-state index is 13.2. The summed E-state index contributed by atoms with van der Waals surface area (Å²) in [5.41, 5.74) is -0.0511. The first kappa shape index (κ1) is 20.5. The largest absolute Gasteiger partial charge is 0.467 e. The normalized spacial score (nSPS) is 11.7. The third-order valence-electron chi connectivity index (χ3n) is 4.97. The van der Waals surface area contributed by atoms with Gasteiger partial charge in [-0.15, -0.1) is 0 Å². The molecule has 0 unspecified atom stereocenters. The van der Waals surface area contributed by atoms with E-state index in [1.807, 2.05) is 0 Å². The maximum Gasteiger partial charge on any atom is 0.416 e. The van der Waals surface area contributed by atoms with Crippen molar-refractivity contribution in [2.45, 2.75) is 12.7 Å². The van der Waals surface area contributed by atoms with Gasteiger partial charge in [0.05, 0.1) is 35.0 Å². The predicted octanol–water partition coefficient (Wildman–Crippen LogP) is 4.53. The number of nitrogens with one attached hydrogen (secondary N) is 1. The molecule has 166 valence electrons. The van der Waals surface area contributed by atoms with Gasteiger partial charge in [0.2, 0.25) is 5.95 Å². The molecule has 0 spiro atoms. The minimum absolute atomic E-state index is 0.0874. The number of imidazole rings is 2. The monoisotopic (exact) mass is 452 g/mol. The first-order valence-corrected chi connectivity index (χ1v) is 9.74. The zero-order valence-electron chi connectivity index (χ0n) is 16.8. The molecule has 5 rings (SSSR count). The number of benzene rings is 1. The summed E-state index contributed by atoms with van der Waals surface area (Å²) >= 11 is 0. The van der Waals surface area contributed by atoms with Crippen molar-refractivity contribution in [3.63, 3.8) is 0 Å². The summed E-state index contributed by atoms with van der Waals surface area (Å²) in [5.74, 6) is 0.709. The Morgan fingerprint density at radius 1 is 1.15 bits per heavy atom. The molecule has 0 saturated heterocycles. The Balaban J connectivity index is 1.48. The second-order valence-corrected chi connectivity index (χ2v) is 7.13. The molecule has 0 bridgehead atoms. The van der Waals surface area contributed by atoms with Gasteiger partial charge in [-0.1, -0.05) is 0 Å². The smallest absolute Gasteiger partial charge is 0.416 e. The zero-order valence-corrected chi connectivity index (χ0v) is 16.8. The molecule has 0 aliphatic rings. The minimum atomic E-state index is -4.51. The number of carbonyl (C=O) groups excluding carboxylic acids is 1. The van der Waals surface area contributed by atoms with Crippen LogP contribution in [0.15, 0.2) is 78.1 Å². The lowest BCUT2D eigenvalue weighted by molar-refractivity contribution is -0.137. The quantitative estimate of drug-likeness (QED) is 0.423. The molecule has 4 heterocycles. The molecule has 0 radical (unpaired) electrons. The summed E-state index contributed by atoms with van der Waals surface area (Å²) in [7, 11) is 0. The van der Waals surface area contributed by atoms with Gasteiger partial charge in [-0.2, -0.15) is 13.2 Å². The minimum Gasteiger partial charge on any atom is -0.467 e. The van der Waals surface area contributed by atoms with E-state index >= 15 is 0 Å². The Morgan fingerprint density at radius 2 is 2.03 bits per heavy atom. The molecular weight excluding hydrogens is 437 g/mol. The second-order valence-electron chi connectivity index (χ2n) is 7.13. The number of amides is 1. The summed E-state index contributed by atoms with van der Waals surface area (Å²) in [6.07, 6.45) is 3.28. The lowest BCUT2D eigenvalue weighted by Gasteiger charge is -2.10. The Labute approximate surface area is 184 Å². The average molecular weight is 452 g/mol. The number of anilines is 1. The molecule has 4 aromatic heterocycles. The molecule has 1 aromatic carbocycles. The number of nitrogens with zero attached hydrogens (tertiary/aromatic N) is 5. The molecule has 1 N–H and O–H groups in total. The number of aromatic nitrogens is 5. The number of hydrogen-bond donors (Lipinski definition) is 1. The molecule has 11 heteroatoms.